The molecule has 4 heteroatoms. The Morgan fingerprint density at radius 1 is 1.25 bits per heavy atom. The van der Waals surface area contributed by atoms with Crippen molar-refractivity contribution in [1.29, 1.82) is 5.26 Å². The van der Waals surface area contributed by atoms with Gasteiger partial charge in [0.05, 0.1) is 18.4 Å². The minimum atomic E-state index is -0.281. The van der Waals surface area contributed by atoms with Crippen molar-refractivity contribution < 1.29 is 9.13 Å². The minimum Gasteiger partial charge on any atom is -0.495 e. The average molecular weight is 270 g/mol. The van der Waals surface area contributed by atoms with Crippen LogP contribution in [0.25, 0.3) is 0 Å². The van der Waals surface area contributed by atoms with Gasteiger partial charge in [-0.2, -0.15) is 5.26 Å². The van der Waals surface area contributed by atoms with Gasteiger partial charge in [0, 0.05) is 6.54 Å². The van der Waals surface area contributed by atoms with E-state index in [0.29, 0.717) is 23.5 Å². The number of rotatable bonds is 4. The molecule has 0 saturated carbocycles. The third kappa shape index (κ3) is 3.07. The number of benzene rings is 2. The van der Waals surface area contributed by atoms with E-state index in [0.717, 1.165) is 11.1 Å². The van der Waals surface area contributed by atoms with Crippen molar-refractivity contribution >= 4 is 5.69 Å². The molecule has 102 valence electrons. The molecule has 0 bridgehead atoms. The molecule has 0 radical (unpaired) electrons. The van der Waals surface area contributed by atoms with Crippen LogP contribution in [-0.2, 0) is 6.54 Å². The van der Waals surface area contributed by atoms with Gasteiger partial charge in [0.25, 0.3) is 0 Å². The van der Waals surface area contributed by atoms with Crippen molar-refractivity contribution in [2.24, 2.45) is 0 Å². The van der Waals surface area contributed by atoms with Gasteiger partial charge >= 0.3 is 0 Å². The Kier molecular flexibility index (Phi) is 4.21. The molecular formula is C16H15FN2O. The zero-order chi connectivity index (χ0) is 14.5. The number of methoxy groups -OCH3 is 1. The summed E-state index contributed by atoms with van der Waals surface area (Å²) in [5.74, 6) is 0.243. The molecule has 0 spiro atoms. The summed E-state index contributed by atoms with van der Waals surface area (Å²) in [6.45, 7) is 2.37. The third-order valence-corrected chi connectivity index (χ3v) is 2.99. The molecule has 0 aliphatic heterocycles. The van der Waals surface area contributed by atoms with E-state index in [1.54, 1.807) is 24.3 Å². The van der Waals surface area contributed by atoms with Crippen LogP contribution in [-0.4, -0.2) is 7.11 Å². The highest BCUT2D eigenvalue weighted by molar-refractivity contribution is 5.49. The van der Waals surface area contributed by atoms with Crippen molar-refractivity contribution in [2.45, 2.75) is 13.5 Å². The van der Waals surface area contributed by atoms with Gasteiger partial charge in [0.15, 0.2) is 0 Å². The highest BCUT2D eigenvalue weighted by Crippen LogP contribution is 2.21. The van der Waals surface area contributed by atoms with Crippen molar-refractivity contribution in [3.63, 3.8) is 0 Å². The Hall–Kier alpha value is -2.54. The minimum absolute atomic E-state index is 0.281. The quantitative estimate of drug-likeness (QED) is 0.922. The molecule has 1 N–H and O–H groups in total. The number of ether oxygens (including phenoxy) is 1. The normalized spacial score (nSPS) is 9.90. The fourth-order valence-corrected chi connectivity index (χ4v) is 1.91. The van der Waals surface area contributed by atoms with Crippen molar-refractivity contribution in [3.8, 4) is 11.8 Å². The number of aryl methyl sites for hydroxylation is 1. The summed E-state index contributed by atoms with van der Waals surface area (Å²) in [4.78, 5) is 0. The van der Waals surface area contributed by atoms with E-state index < -0.39 is 0 Å². The lowest BCUT2D eigenvalue weighted by Gasteiger charge is -2.10. The van der Waals surface area contributed by atoms with Gasteiger partial charge in [-0.05, 0) is 42.3 Å². The second-order valence-electron chi connectivity index (χ2n) is 4.48. The van der Waals surface area contributed by atoms with Crippen LogP contribution >= 0.6 is 0 Å². The largest absolute Gasteiger partial charge is 0.495 e. The molecule has 0 amide bonds. The molecule has 3 nitrogen and oxygen atoms in total. The summed E-state index contributed by atoms with van der Waals surface area (Å²) < 4.78 is 18.8. The van der Waals surface area contributed by atoms with Gasteiger partial charge in [-0.3, -0.25) is 0 Å². The third-order valence-electron chi connectivity index (χ3n) is 2.99. The number of hydrogen-bond donors (Lipinski definition) is 1. The van der Waals surface area contributed by atoms with Gasteiger partial charge in [-0.15, -0.1) is 0 Å². The molecule has 0 fully saturated rings. The molecule has 0 unspecified atom stereocenters. The van der Waals surface area contributed by atoms with Crippen LogP contribution in [0.4, 0.5) is 10.1 Å². The van der Waals surface area contributed by atoms with Gasteiger partial charge in [-0.1, -0.05) is 12.1 Å². The van der Waals surface area contributed by atoms with Gasteiger partial charge < -0.3 is 10.1 Å². The molecular weight excluding hydrogens is 255 g/mol. The molecule has 0 aromatic heterocycles. The van der Waals surface area contributed by atoms with Gasteiger partial charge in [-0.25, -0.2) is 4.39 Å². The Balaban J connectivity index is 2.15. The van der Waals surface area contributed by atoms with Crippen molar-refractivity contribution in [2.75, 3.05) is 12.4 Å². The number of nitrogens with zero attached hydrogens (tertiary/aromatic N) is 1. The first kappa shape index (κ1) is 13.9. The Morgan fingerprint density at radius 2 is 2.05 bits per heavy atom. The summed E-state index contributed by atoms with van der Waals surface area (Å²) in [6.07, 6.45) is 0. The first-order chi connectivity index (χ1) is 9.63. The smallest absolute Gasteiger partial charge is 0.146 e. The van der Waals surface area contributed by atoms with Crippen molar-refractivity contribution in [1.82, 2.24) is 0 Å². The zero-order valence-electron chi connectivity index (χ0n) is 11.4. The van der Waals surface area contributed by atoms with Crippen molar-refractivity contribution in [3.05, 3.63) is 58.9 Å². The lowest BCUT2D eigenvalue weighted by molar-refractivity contribution is 0.413. The number of nitriles is 1. The molecule has 0 aliphatic rings. The second-order valence-corrected chi connectivity index (χ2v) is 4.48. The second kappa shape index (κ2) is 6.07. The summed E-state index contributed by atoms with van der Waals surface area (Å²) in [5, 5.41) is 12.0. The number of halogens is 1. The average Bonchev–Trinajstić information content (AvgIpc) is 2.47. The summed E-state index contributed by atoms with van der Waals surface area (Å²) in [6, 6.07) is 12.3. The molecule has 2 aromatic carbocycles. The number of anilines is 1. The fourth-order valence-electron chi connectivity index (χ4n) is 1.91. The first-order valence-electron chi connectivity index (χ1n) is 6.21. The Bertz CT molecular complexity index is 662. The maximum Gasteiger partial charge on any atom is 0.146 e. The number of hydrogen-bond acceptors (Lipinski definition) is 3. The standard InChI is InChI=1S/C16H15FN2O/c1-11-3-6-14(17)15(7-11)19-10-12-4-5-13(9-18)16(8-12)20-2/h3-8,19H,10H2,1-2H3. The van der Waals surface area contributed by atoms with E-state index >= 15 is 0 Å². The number of nitrogens with one attached hydrogen (secondary N) is 1. The SMILES string of the molecule is COc1cc(CNc2cc(C)ccc2F)ccc1C#N. The van der Waals surface area contributed by atoms with E-state index in [1.807, 2.05) is 13.0 Å². The van der Waals surface area contributed by atoms with Crippen LogP contribution in [0.15, 0.2) is 36.4 Å². The molecule has 20 heavy (non-hydrogen) atoms. The molecule has 0 atom stereocenters. The Labute approximate surface area is 117 Å². The fraction of sp³-hybridized carbons (Fsp3) is 0.188. The van der Waals surface area contributed by atoms with E-state index in [-0.39, 0.29) is 5.82 Å². The summed E-state index contributed by atoms with van der Waals surface area (Å²) in [7, 11) is 1.52. The van der Waals surface area contributed by atoms with E-state index in [1.165, 1.54) is 13.2 Å². The van der Waals surface area contributed by atoms with Crippen LogP contribution in [0.5, 0.6) is 5.75 Å². The maximum atomic E-state index is 13.6. The van der Waals surface area contributed by atoms with Crippen LogP contribution in [0.3, 0.4) is 0 Å². The highest BCUT2D eigenvalue weighted by atomic mass is 19.1. The molecule has 0 saturated heterocycles. The van der Waals surface area contributed by atoms with Gasteiger partial charge in [0.2, 0.25) is 0 Å². The molecule has 0 heterocycles. The van der Waals surface area contributed by atoms with E-state index in [2.05, 4.69) is 11.4 Å². The maximum absolute atomic E-state index is 13.6. The summed E-state index contributed by atoms with van der Waals surface area (Å²) >= 11 is 0. The lowest BCUT2D eigenvalue weighted by Crippen LogP contribution is -2.02. The highest BCUT2D eigenvalue weighted by Gasteiger charge is 2.05. The molecule has 2 aromatic rings. The van der Waals surface area contributed by atoms with E-state index in [9.17, 15) is 4.39 Å². The van der Waals surface area contributed by atoms with Crippen LogP contribution in [0.2, 0.25) is 0 Å². The first-order valence-corrected chi connectivity index (χ1v) is 6.21. The van der Waals surface area contributed by atoms with Crippen LogP contribution < -0.4 is 10.1 Å². The predicted molar refractivity (Wildman–Crippen MR) is 76.2 cm³/mol. The van der Waals surface area contributed by atoms with Crippen LogP contribution in [0, 0.1) is 24.1 Å². The Morgan fingerprint density at radius 3 is 2.75 bits per heavy atom. The van der Waals surface area contributed by atoms with Gasteiger partial charge in [0.1, 0.15) is 17.6 Å². The predicted octanol–water partition coefficient (Wildman–Crippen LogP) is 3.63. The van der Waals surface area contributed by atoms with E-state index in [4.69, 9.17) is 10.00 Å². The molecule has 2 rings (SSSR count). The molecule has 0 aliphatic carbocycles. The monoisotopic (exact) mass is 270 g/mol. The lowest BCUT2D eigenvalue weighted by atomic mass is 10.1. The topological polar surface area (TPSA) is 45.0 Å². The van der Waals surface area contributed by atoms with Crippen LogP contribution in [0.1, 0.15) is 16.7 Å². The summed E-state index contributed by atoms with van der Waals surface area (Å²) in [5.41, 5.74) is 2.86. The zero-order valence-corrected chi connectivity index (χ0v) is 11.4.